The van der Waals surface area contributed by atoms with Crippen LogP contribution in [0.25, 0.3) is 0 Å². The van der Waals surface area contributed by atoms with Gasteiger partial charge in [-0.2, -0.15) is 0 Å². The molecule has 0 radical (unpaired) electrons. The first kappa shape index (κ1) is 7.45. The Morgan fingerprint density at radius 2 is 1.82 bits per heavy atom. The molecular formula is C6H10O5. The number of aliphatic hydroxyl groups excluding tert-OH is 3. The van der Waals surface area contributed by atoms with E-state index in [1.165, 1.54) is 0 Å². The minimum atomic E-state index is -1.03. The fourth-order valence-corrected chi connectivity index (χ4v) is 1.42. The molecule has 2 heterocycles. The summed E-state index contributed by atoms with van der Waals surface area (Å²) in [5.41, 5.74) is 0. The highest BCUT2D eigenvalue weighted by Gasteiger charge is 2.50. The number of ether oxygens (including phenoxy) is 2. The molecule has 0 spiro atoms. The summed E-state index contributed by atoms with van der Waals surface area (Å²) in [6, 6.07) is 0. The van der Waals surface area contributed by atoms with Crippen LogP contribution in [0.1, 0.15) is 0 Å². The highest BCUT2D eigenvalue weighted by atomic mass is 16.7. The third-order valence-corrected chi connectivity index (χ3v) is 2.07. The van der Waals surface area contributed by atoms with Crippen molar-refractivity contribution in [3.8, 4) is 0 Å². The lowest BCUT2D eigenvalue weighted by Gasteiger charge is -2.25. The molecule has 5 heteroatoms. The summed E-state index contributed by atoms with van der Waals surface area (Å²) in [4.78, 5) is 0. The van der Waals surface area contributed by atoms with Crippen LogP contribution >= 0.6 is 0 Å². The first-order valence-electron chi connectivity index (χ1n) is 3.51. The molecule has 0 unspecified atom stereocenters. The van der Waals surface area contributed by atoms with Crippen LogP contribution in [0, 0.1) is 0 Å². The van der Waals surface area contributed by atoms with Crippen molar-refractivity contribution in [1.29, 1.82) is 0 Å². The predicted octanol–water partition coefficient (Wildman–Crippen LogP) is -2.18. The minimum Gasteiger partial charge on any atom is -0.388 e. The Labute approximate surface area is 63.2 Å². The van der Waals surface area contributed by atoms with E-state index in [9.17, 15) is 10.2 Å². The second-order valence-electron chi connectivity index (χ2n) is 2.85. The Kier molecular flexibility index (Phi) is 1.62. The van der Waals surface area contributed by atoms with Gasteiger partial charge in [0.15, 0.2) is 6.29 Å². The van der Waals surface area contributed by atoms with Crippen LogP contribution in [0.5, 0.6) is 0 Å². The molecule has 2 aliphatic rings. The molecule has 0 amide bonds. The zero-order valence-electron chi connectivity index (χ0n) is 5.75. The van der Waals surface area contributed by atoms with Gasteiger partial charge < -0.3 is 24.8 Å². The largest absolute Gasteiger partial charge is 0.388 e. The lowest BCUT2D eigenvalue weighted by Crippen LogP contribution is -2.41. The molecule has 5 atom stereocenters. The van der Waals surface area contributed by atoms with E-state index in [2.05, 4.69) is 0 Å². The first-order chi connectivity index (χ1) is 5.20. The molecule has 0 aromatic rings. The summed E-state index contributed by atoms with van der Waals surface area (Å²) < 4.78 is 9.84. The first-order valence-corrected chi connectivity index (χ1v) is 3.51. The van der Waals surface area contributed by atoms with E-state index >= 15 is 0 Å². The SMILES string of the molecule is O[C@@H]1[C@@H]2OC[C@H](O)[C@@H](O2)[C@@H]1O. The van der Waals surface area contributed by atoms with Crippen molar-refractivity contribution in [2.45, 2.75) is 30.7 Å². The monoisotopic (exact) mass is 162 g/mol. The summed E-state index contributed by atoms with van der Waals surface area (Å²) in [5, 5.41) is 27.6. The molecule has 5 nitrogen and oxygen atoms in total. The molecule has 11 heavy (non-hydrogen) atoms. The van der Waals surface area contributed by atoms with Crippen LogP contribution in [0.4, 0.5) is 0 Å². The van der Waals surface area contributed by atoms with Gasteiger partial charge in [0.05, 0.1) is 6.61 Å². The topological polar surface area (TPSA) is 79.2 Å². The number of rotatable bonds is 0. The van der Waals surface area contributed by atoms with Crippen molar-refractivity contribution in [3.63, 3.8) is 0 Å². The molecule has 2 aliphatic heterocycles. The van der Waals surface area contributed by atoms with E-state index in [1.807, 2.05) is 0 Å². The zero-order chi connectivity index (χ0) is 8.01. The predicted molar refractivity (Wildman–Crippen MR) is 32.6 cm³/mol. The fourth-order valence-electron chi connectivity index (χ4n) is 1.42. The Morgan fingerprint density at radius 3 is 2.45 bits per heavy atom. The summed E-state index contributed by atoms with van der Waals surface area (Å²) in [5.74, 6) is 0. The van der Waals surface area contributed by atoms with Crippen LogP contribution in [-0.4, -0.2) is 52.6 Å². The molecule has 3 N–H and O–H groups in total. The summed E-state index contributed by atoms with van der Waals surface area (Å²) in [6.07, 6.45) is -4.35. The van der Waals surface area contributed by atoms with Crippen molar-refractivity contribution in [3.05, 3.63) is 0 Å². The van der Waals surface area contributed by atoms with Crippen LogP contribution in [-0.2, 0) is 9.47 Å². The number of aliphatic hydroxyl groups is 3. The molecule has 2 fully saturated rings. The third-order valence-electron chi connectivity index (χ3n) is 2.07. The van der Waals surface area contributed by atoms with Crippen molar-refractivity contribution in [2.75, 3.05) is 6.61 Å². The molecular weight excluding hydrogens is 152 g/mol. The summed E-state index contributed by atoms with van der Waals surface area (Å²) >= 11 is 0. The number of hydrogen-bond acceptors (Lipinski definition) is 5. The maximum atomic E-state index is 9.22. The van der Waals surface area contributed by atoms with Crippen molar-refractivity contribution >= 4 is 0 Å². The maximum absolute atomic E-state index is 9.22. The molecule has 0 aromatic heterocycles. The van der Waals surface area contributed by atoms with E-state index in [0.717, 1.165) is 0 Å². The van der Waals surface area contributed by atoms with Crippen LogP contribution in [0.3, 0.4) is 0 Å². The van der Waals surface area contributed by atoms with E-state index in [1.54, 1.807) is 0 Å². The van der Waals surface area contributed by atoms with Gasteiger partial charge in [-0.15, -0.1) is 0 Å². The van der Waals surface area contributed by atoms with Gasteiger partial charge in [-0.25, -0.2) is 0 Å². The van der Waals surface area contributed by atoms with Gasteiger partial charge in [0, 0.05) is 0 Å². The average molecular weight is 162 g/mol. The zero-order valence-corrected chi connectivity index (χ0v) is 5.75. The molecule has 2 bridgehead atoms. The lowest BCUT2D eigenvalue weighted by molar-refractivity contribution is -0.233. The number of hydrogen-bond donors (Lipinski definition) is 3. The fraction of sp³-hybridized carbons (Fsp3) is 1.00. The average Bonchev–Trinajstić information content (AvgIpc) is 2.24. The van der Waals surface area contributed by atoms with Gasteiger partial charge in [0.2, 0.25) is 0 Å². The molecule has 64 valence electrons. The molecule has 2 saturated heterocycles. The molecule has 0 saturated carbocycles. The van der Waals surface area contributed by atoms with E-state index < -0.39 is 30.7 Å². The van der Waals surface area contributed by atoms with Crippen molar-refractivity contribution in [1.82, 2.24) is 0 Å². The third kappa shape index (κ3) is 0.969. The van der Waals surface area contributed by atoms with Gasteiger partial charge >= 0.3 is 0 Å². The Bertz CT molecular complexity index is 161. The summed E-state index contributed by atoms with van der Waals surface area (Å²) in [7, 11) is 0. The Hall–Kier alpha value is -0.200. The maximum Gasteiger partial charge on any atom is 0.186 e. The standard InChI is InChI=1S/C6H10O5/c7-2-1-10-6-4(9)3(8)5(2)11-6/h2-9H,1H2/t2-,3+,4-,5+,6+/m0/s1. The van der Waals surface area contributed by atoms with Gasteiger partial charge in [-0.1, -0.05) is 0 Å². The van der Waals surface area contributed by atoms with Crippen LogP contribution in [0.15, 0.2) is 0 Å². The van der Waals surface area contributed by atoms with Gasteiger partial charge in [0.25, 0.3) is 0 Å². The van der Waals surface area contributed by atoms with E-state index in [4.69, 9.17) is 14.6 Å². The lowest BCUT2D eigenvalue weighted by atomic mass is 10.1. The van der Waals surface area contributed by atoms with Gasteiger partial charge in [-0.05, 0) is 0 Å². The van der Waals surface area contributed by atoms with Crippen molar-refractivity contribution < 1.29 is 24.8 Å². The van der Waals surface area contributed by atoms with Crippen LogP contribution in [0.2, 0.25) is 0 Å². The van der Waals surface area contributed by atoms with E-state index in [-0.39, 0.29) is 6.61 Å². The highest BCUT2D eigenvalue weighted by Crippen LogP contribution is 2.28. The van der Waals surface area contributed by atoms with Gasteiger partial charge in [-0.3, -0.25) is 0 Å². The highest BCUT2D eigenvalue weighted by molar-refractivity contribution is 4.93. The van der Waals surface area contributed by atoms with Crippen LogP contribution < -0.4 is 0 Å². The quantitative estimate of drug-likeness (QED) is 0.377. The molecule has 2 rings (SSSR count). The van der Waals surface area contributed by atoms with E-state index in [0.29, 0.717) is 0 Å². The van der Waals surface area contributed by atoms with Gasteiger partial charge in [0.1, 0.15) is 24.4 Å². The molecule has 0 aliphatic carbocycles. The Balaban J connectivity index is 2.16. The number of fused-ring (bicyclic) bond motifs is 2. The summed E-state index contributed by atoms with van der Waals surface area (Å²) in [6.45, 7) is 0.115. The second kappa shape index (κ2) is 2.40. The van der Waals surface area contributed by atoms with Crippen molar-refractivity contribution in [2.24, 2.45) is 0 Å². The second-order valence-corrected chi connectivity index (χ2v) is 2.85. The molecule has 0 aromatic carbocycles. The minimum absolute atomic E-state index is 0.115. The Morgan fingerprint density at radius 1 is 1.09 bits per heavy atom. The smallest absolute Gasteiger partial charge is 0.186 e. The normalized spacial score (nSPS) is 56.5.